The minimum absolute atomic E-state index is 0.00563. The number of alkyl halides is 3. The van der Waals surface area contributed by atoms with Crippen LogP contribution in [0.3, 0.4) is 0 Å². The van der Waals surface area contributed by atoms with Crippen LogP contribution in [-0.2, 0) is 6.18 Å². The first-order valence-corrected chi connectivity index (χ1v) is 7.08. The Kier molecular flexibility index (Phi) is 2.84. The van der Waals surface area contributed by atoms with Crippen molar-refractivity contribution in [1.82, 2.24) is 9.97 Å². The minimum Gasteiger partial charge on any atom is -0.318 e. The van der Waals surface area contributed by atoms with Gasteiger partial charge in [-0.1, -0.05) is 0 Å². The molecule has 2 aliphatic rings. The van der Waals surface area contributed by atoms with Gasteiger partial charge in [-0.3, -0.25) is 4.79 Å². The van der Waals surface area contributed by atoms with Crippen LogP contribution in [0.2, 0.25) is 0 Å². The zero-order valence-electron chi connectivity index (χ0n) is 11.8. The van der Waals surface area contributed by atoms with Gasteiger partial charge in [0.15, 0.2) is 5.82 Å². The number of hydrogen-bond donors (Lipinski definition) is 1. The van der Waals surface area contributed by atoms with Crippen molar-refractivity contribution in [2.75, 3.05) is 10.2 Å². The highest BCUT2D eigenvalue weighted by Gasteiger charge is 2.42. The van der Waals surface area contributed by atoms with E-state index < -0.39 is 17.6 Å². The van der Waals surface area contributed by atoms with Crippen molar-refractivity contribution in [3.63, 3.8) is 0 Å². The second kappa shape index (κ2) is 4.68. The Hall–Kier alpha value is -2.64. The van der Waals surface area contributed by atoms with Crippen molar-refractivity contribution < 1.29 is 18.0 Å². The Morgan fingerprint density at radius 1 is 1.13 bits per heavy atom. The van der Waals surface area contributed by atoms with E-state index in [9.17, 15) is 18.0 Å². The molecule has 8 heteroatoms. The molecule has 1 aliphatic carbocycles. The summed E-state index contributed by atoms with van der Waals surface area (Å²) in [6.45, 7) is 0. The van der Waals surface area contributed by atoms with Crippen LogP contribution in [-0.4, -0.2) is 21.9 Å². The first-order chi connectivity index (χ1) is 11.0. The summed E-state index contributed by atoms with van der Waals surface area (Å²) < 4.78 is 39.9. The zero-order valence-corrected chi connectivity index (χ0v) is 11.8. The van der Waals surface area contributed by atoms with Crippen LogP contribution in [0.4, 0.5) is 30.5 Å². The SMILES string of the molecule is O=C1Nc2c(C(F)(F)F)ccnc2N(C2CC2)c2ncccc21. The number of pyridine rings is 2. The predicted octanol–water partition coefficient (Wildman–Crippen LogP) is 3.36. The fraction of sp³-hybridized carbons (Fsp3) is 0.267. The molecule has 0 bridgehead atoms. The van der Waals surface area contributed by atoms with E-state index in [1.165, 1.54) is 6.20 Å². The maximum absolute atomic E-state index is 13.3. The number of carbonyl (C=O) groups is 1. The Morgan fingerprint density at radius 3 is 2.57 bits per heavy atom. The molecule has 0 radical (unpaired) electrons. The zero-order chi connectivity index (χ0) is 16.2. The number of fused-ring (bicyclic) bond motifs is 2. The normalized spacial score (nSPS) is 17.2. The predicted molar refractivity (Wildman–Crippen MR) is 76.6 cm³/mol. The van der Waals surface area contributed by atoms with Gasteiger partial charge < -0.3 is 10.2 Å². The van der Waals surface area contributed by atoms with Gasteiger partial charge in [-0.25, -0.2) is 9.97 Å². The summed E-state index contributed by atoms with van der Waals surface area (Å²) in [5, 5.41) is 2.36. The van der Waals surface area contributed by atoms with Gasteiger partial charge in [0.25, 0.3) is 5.91 Å². The van der Waals surface area contributed by atoms with Crippen LogP contribution in [0.25, 0.3) is 0 Å². The first-order valence-electron chi connectivity index (χ1n) is 7.08. The largest absolute Gasteiger partial charge is 0.418 e. The van der Waals surface area contributed by atoms with Gasteiger partial charge in [0.1, 0.15) is 5.82 Å². The molecule has 2 aromatic heterocycles. The van der Waals surface area contributed by atoms with Gasteiger partial charge in [0.2, 0.25) is 0 Å². The molecule has 0 unspecified atom stereocenters. The fourth-order valence-corrected chi connectivity index (χ4v) is 2.72. The number of nitrogens with one attached hydrogen (secondary N) is 1. The van der Waals surface area contributed by atoms with Crippen LogP contribution < -0.4 is 10.2 Å². The molecule has 1 aliphatic heterocycles. The van der Waals surface area contributed by atoms with Crippen LogP contribution in [0.15, 0.2) is 30.6 Å². The monoisotopic (exact) mass is 320 g/mol. The molecule has 0 atom stereocenters. The maximum Gasteiger partial charge on any atom is 0.418 e. The first kappa shape index (κ1) is 14.0. The molecular formula is C15H11F3N4O. The van der Waals surface area contributed by atoms with Crippen LogP contribution in [0.5, 0.6) is 0 Å². The molecule has 2 aromatic rings. The van der Waals surface area contributed by atoms with E-state index in [1.54, 1.807) is 17.0 Å². The molecule has 118 valence electrons. The molecule has 1 fully saturated rings. The fourth-order valence-electron chi connectivity index (χ4n) is 2.72. The minimum atomic E-state index is -4.58. The van der Waals surface area contributed by atoms with Gasteiger partial charge in [0.05, 0.1) is 16.8 Å². The molecule has 1 amide bonds. The molecule has 1 N–H and O–H groups in total. The molecular weight excluding hydrogens is 309 g/mol. The van der Waals surface area contributed by atoms with Crippen molar-refractivity contribution in [3.05, 3.63) is 41.7 Å². The van der Waals surface area contributed by atoms with E-state index in [0.29, 0.717) is 5.82 Å². The highest BCUT2D eigenvalue weighted by atomic mass is 19.4. The lowest BCUT2D eigenvalue weighted by atomic mass is 10.2. The average molecular weight is 320 g/mol. The summed E-state index contributed by atoms with van der Waals surface area (Å²) in [4.78, 5) is 22.3. The van der Waals surface area contributed by atoms with Crippen LogP contribution in [0.1, 0.15) is 28.8 Å². The molecule has 1 saturated carbocycles. The summed E-state index contributed by atoms with van der Waals surface area (Å²) in [5.74, 6) is -0.179. The lowest BCUT2D eigenvalue weighted by Crippen LogP contribution is -2.23. The number of anilines is 3. The van der Waals surface area contributed by atoms with Gasteiger partial charge in [-0.15, -0.1) is 0 Å². The third kappa shape index (κ3) is 2.21. The smallest absolute Gasteiger partial charge is 0.318 e. The van der Waals surface area contributed by atoms with E-state index in [4.69, 9.17) is 0 Å². The number of halogens is 3. The maximum atomic E-state index is 13.3. The van der Waals surface area contributed by atoms with Crippen molar-refractivity contribution in [2.24, 2.45) is 0 Å². The van der Waals surface area contributed by atoms with Crippen LogP contribution in [0, 0.1) is 0 Å². The number of nitrogens with zero attached hydrogens (tertiary/aromatic N) is 3. The summed E-state index contributed by atoms with van der Waals surface area (Å²) in [6, 6.07) is 4.00. The standard InChI is InChI=1S/C15H11F3N4O/c16-15(17,18)10-5-7-20-13-11(10)21-14(23)9-2-1-6-19-12(9)22(13)8-3-4-8/h1-2,5-8H,3-4H2,(H,21,23). The number of aromatic nitrogens is 2. The van der Waals surface area contributed by atoms with E-state index in [1.807, 2.05) is 0 Å². The molecule has 3 heterocycles. The Morgan fingerprint density at radius 2 is 1.87 bits per heavy atom. The lowest BCUT2D eigenvalue weighted by molar-refractivity contribution is -0.136. The van der Waals surface area contributed by atoms with Crippen molar-refractivity contribution in [3.8, 4) is 0 Å². The third-order valence-electron chi connectivity index (χ3n) is 3.87. The molecule has 5 nitrogen and oxygen atoms in total. The van der Waals surface area contributed by atoms with E-state index in [-0.39, 0.29) is 23.1 Å². The van der Waals surface area contributed by atoms with Crippen molar-refractivity contribution in [2.45, 2.75) is 25.1 Å². The average Bonchev–Trinajstić information content (AvgIpc) is 3.32. The Labute approximate surface area is 129 Å². The van der Waals surface area contributed by atoms with Crippen molar-refractivity contribution >= 4 is 23.2 Å². The summed E-state index contributed by atoms with van der Waals surface area (Å²) in [5.41, 5.74) is -0.977. The molecule has 4 rings (SSSR count). The van der Waals surface area contributed by atoms with Gasteiger partial charge in [0, 0.05) is 18.4 Å². The molecule has 0 spiro atoms. The second-order valence-electron chi connectivity index (χ2n) is 5.48. The van der Waals surface area contributed by atoms with Crippen LogP contribution >= 0.6 is 0 Å². The number of carbonyl (C=O) groups excluding carboxylic acids is 1. The van der Waals surface area contributed by atoms with E-state index in [0.717, 1.165) is 25.1 Å². The highest BCUT2D eigenvalue weighted by Crippen LogP contribution is 2.46. The summed E-state index contributed by atoms with van der Waals surface area (Å²) in [6.07, 6.45) is -0.320. The number of hydrogen-bond acceptors (Lipinski definition) is 4. The van der Waals surface area contributed by atoms with Gasteiger partial charge >= 0.3 is 6.18 Å². The van der Waals surface area contributed by atoms with Gasteiger partial charge in [-0.2, -0.15) is 13.2 Å². The van der Waals surface area contributed by atoms with E-state index >= 15 is 0 Å². The molecule has 23 heavy (non-hydrogen) atoms. The van der Waals surface area contributed by atoms with Gasteiger partial charge in [-0.05, 0) is 31.0 Å². The lowest BCUT2D eigenvalue weighted by Gasteiger charge is -2.24. The Bertz CT molecular complexity index is 802. The van der Waals surface area contributed by atoms with E-state index in [2.05, 4.69) is 15.3 Å². The highest BCUT2D eigenvalue weighted by molar-refractivity contribution is 6.12. The quantitative estimate of drug-likeness (QED) is 0.875. The topological polar surface area (TPSA) is 58.1 Å². The third-order valence-corrected chi connectivity index (χ3v) is 3.87. The number of amides is 1. The Balaban J connectivity index is 1.99. The summed E-state index contributed by atoms with van der Waals surface area (Å²) in [7, 11) is 0. The summed E-state index contributed by atoms with van der Waals surface area (Å²) >= 11 is 0. The number of rotatable bonds is 1. The second-order valence-corrected chi connectivity index (χ2v) is 5.48. The molecule has 0 saturated heterocycles. The van der Waals surface area contributed by atoms with Crippen molar-refractivity contribution in [1.29, 1.82) is 0 Å². The molecule has 0 aromatic carbocycles.